The van der Waals surface area contributed by atoms with Gasteiger partial charge in [0.05, 0.1) is 12.5 Å². The van der Waals surface area contributed by atoms with E-state index in [1.807, 2.05) is 6.92 Å². The first-order valence-electron chi connectivity index (χ1n) is 8.41. The van der Waals surface area contributed by atoms with Crippen molar-refractivity contribution in [2.45, 2.75) is 13.3 Å². The van der Waals surface area contributed by atoms with Crippen LogP contribution >= 0.6 is 0 Å². The van der Waals surface area contributed by atoms with Crippen molar-refractivity contribution in [2.24, 2.45) is 5.92 Å². The summed E-state index contributed by atoms with van der Waals surface area (Å²) in [5.41, 5.74) is 1.23. The minimum Gasteiger partial charge on any atom is -0.494 e. The molecule has 2 aromatic rings. The van der Waals surface area contributed by atoms with Crippen LogP contribution in [0.4, 0.5) is 5.69 Å². The second-order valence-electron chi connectivity index (χ2n) is 5.94. The molecule has 0 saturated carbocycles. The first-order valence-corrected chi connectivity index (χ1v) is 8.41. The molecule has 1 heterocycles. The number of rotatable bonds is 6. The summed E-state index contributed by atoms with van der Waals surface area (Å²) in [7, 11) is 0. The number of anilines is 1. The predicted octanol–water partition coefficient (Wildman–Crippen LogP) is 2.86. The second kappa shape index (κ2) is 7.82. The Morgan fingerprint density at radius 1 is 1.12 bits per heavy atom. The summed E-state index contributed by atoms with van der Waals surface area (Å²) < 4.78 is 10.7. The van der Waals surface area contributed by atoms with E-state index in [1.165, 1.54) is 0 Å². The van der Waals surface area contributed by atoms with Crippen LogP contribution in [0.1, 0.15) is 23.7 Å². The topological polar surface area (TPSA) is 72.9 Å². The third-order valence-electron chi connectivity index (χ3n) is 4.15. The van der Waals surface area contributed by atoms with E-state index in [0.29, 0.717) is 17.9 Å². The zero-order chi connectivity index (χ0) is 18.5. The standard InChI is InChI=1S/C20H19NO5/c1-2-25-17-9-5-16(6-10-17)21-12-15(11-19(21)23)20(24)26-18-7-3-14(13-22)4-8-18/h3-10,13,15H,2,11-12H2,1H3/t15-/m1/s1. The summed E-state index contributed by atoms with van der Waals surface area (Å²) in [6.07, 6.45) is 0.828. The molecule has 1 aliphatic rings. The van der Waals surface area contributed by atoms with Crippen molar-refractivity contribution < 1.29 is 23.9 Å². The summed E-state index contributed by atoms with van der Waals surface area (Å²) in [5, 5.41) is 0. The third kappa shape index (κ3) is 3.91. The van der Waals surface area contributed by atoms with Gasteiger partial charge in [0, 0.05) is 24.2 Å². The van der Waals surface area contributed by atoms with E-state index in [4.69, 9.17) is 9.47 Å². The van der Waals surface area contributed by atoms with Gasteiger partial charge in [-0.3, -0.25) is 14.4 Å². The molecule has 1 atom stereocenters. The zero-order valence-electron chi connectivity index (χ0n) is 14.4. The summed E-state index contributed by atoms with van der Waals surface area (Å²) in [4.78, 5) is 36.9. The van der Waals surface area contributed by atoms with E-state index in [0.717, 1.165) is 17.7 Å². The van der Waals surface area contributed by atoms with Gasteiger partial charge in [0.1, 0.15) is 17.8 Å². The zero-order valence-corrected chi connectivity index (χ0v) is 14.4. The molecule has 0 aliphatic carbocycles. The minimum absolute atomic E-state index is 0.110. The van der Waals surface area contributed by atoms with Crippen molar-refractivity contribution >= 4 is 23.9 Å². The van der Waals surface area contributed by atoms with Gasteiger partial charge in [-0.2, -0.15) is 0 Å². The second-order valence-corrected chi connectivity index (χ2v) is 5.94. The van der Waals surface area contributed by atoms with Gasteiger partial charge in [0.15, 0.2) is 0 Å². The Morgan fingerprint density at radius 2 is 1.77 bits per heavy atom. The number of carbonyl (C=O) groups is 3. The molecule has 0 N–H and O–H groups in total. The monoisotopic (exact) mass is 353 g/mol. The van der Waals surface area contributed by atoms with Crippen molar-refractivity contribution in [3.8, 4) is 11.5 Å². The molecule has 1 saturated heterocycles. The lowest BCUT2D eigenvalue weighted by Gasteiger charge is -2.17. The van der Waals surface area contributed by atoms with Crippen LogP contribution in [0, 0.1) is 5.92 Å². The lowest BCUT2D eigenvalue weighted by molar-refractivity contribution is -0.139. The van der Waals surface area contributed by atoms with Gasteiger partial charge < -0.3 is 14.4 Å². The lowest BCUT2D eigenvalue weighted by atomic mass is 10.1. The van der Waals surface area contributed by atoms with Gasteiger partial charge in [-0.15, -0.1) is 0 Å². The molecular formula is C20H19NO5. The summed E-state index contributed by atoms with van der Waals surface area (Å²) in [6.45, 7) is 2.75. The first kappa shape index (κ1) is 17.7. The smallest absolute Gasteiger partial charge is 0.316 e. The Bertz CT molecular complexity index is 798. The molecule has 1 amide bonds. The van der Waals surface area contributed by atoms with E-state index in [-0.39, 0.29) is 18.9 Å². The number of aldehydes is 1. The maximum atomic E-state index is 12.3. The van der Waals surface area contributed by atoms with Gasteiger partial charge in [-0.25, -0.2) is 0 Å². The first-order chi connectivity index (χ1) is 12.6. The SMILES string of the molecule is CCOc1ccc(N2C[C@H](C(=O)Oc3ccc(C=O)cc3)CC2=O)cc1. The van der Waals surface area contributed by atoms with E-state index in [9.17, 15) is 14.4 Å². The fourth-order valence-electron chi connectivity index (χ4n) is 2.82. The molecule has 0 aromatic heterocycles. The number of ether oxygens (including phenoxy) is 2. The third-order valence-corrected chi connectivity index (χ3v) is 4.15. The molecule has 0 radical (unpaired) electrons. The lowest BCUT2D eigenvalue weighted by Crippen LogP contribution is -2.27. The van der Waals surface area contributed by atoms with Gasteiger partial charge in [0.2, 0.25) is 5.91 Å². The highest BCUT2D eigenvalue weighted by Crippen LogP contribution is 2.28. The molecule has 2 aromatic carbocycles. The number of esters is 1. The Balaban J connectivity index is 1.64. The van der Waals surface area contributed by atoms with Crippen LogP contribution in [-0.2, 0) is 9.59 Å². The Hall–Kier alpha value is -3.15. The number of hydrogen-bond acceptors (Lipinski definition) is 5. The quantitative estimate of drug-likeness (QED) is 0.454. The summed E-state index contributed by atoms with van der Waals surface area (Å²) in [6, 6.07) is 13.5. The number of hydrogen-bond donors (Lipinski definition) is 0. The molecule has 0 bridgehead atoms. The number of benzene rings is 2. The van der Waals surface area contributed by atoms with Gasteiger partial charge >= 0.3 is 5.97 Å². The molecule has 134 valence electrons. The highest BCUT2D eigenvalue weighted by molar-refractivity contribution is 5.99. The van der Waals surface area contributed by atoms with Gasteiger partial charge in [-0.1, -0.05) is 0 Å². The van der Waals surface area contributed by atoms with E-state index < -0.39 is 11.9 Å². The minimum atomic E-state index is -0.528. The maximum Gasteiger partial charge on any atom is 0.316 e. The van der Waals surface area contributed by atoms with Crippen LogP contribution < -0.4 is 14.4 Å². The van der Waals surface area contributed by atoms with Crippen LogP contribution in [0.5, 0.6) is 11.5 Å². The highest BCUT2D eigenvalue weighted by Gasteiger charge is 2.36. The molecule has 1 aliphatic heterocycles. The van der Waals surface area contributed by atoms with E-state index in [2.05, 4.69) is 0 Å². The van der Waals surface area contributed by atoms with Crippen molar-refractivity contribution in [2.75, 3.05) is 18.1 Å². The van der Waals surface area contributed by atoms with Crippen LogP contribution in [0.25, 0.3) is 0 Å². The summed E-state index contributed by atoms with van der Waals surface area (Å²) >= 11 is 0. The van der Waals surface area contributed by atoms with Crippen molar-refractivity contribution in [3.63, 3.8) is 0 Å². The van der Waals surface area contributed by atoms with E-state index in [1.54, 1.807) is 53.4 Å². The van der Waals surface area contributed by atoms with Crippen molar-refractivity contribution in [3.05, 3.63) is 54.1 Å². The van der Waals surface area contributed by atoms with Crippen LogP contribution in [-0.4, -0.2) is 31.3 Å². The van der Waals surface area contributed by atoms with Crippen LogP contribution in [0.3, 0.4) is 0 Å². The van der Waals surface area contributed by atoms with Crippen molar-refractivity contribution in [1.29, 1.82) is 0 Å². The molecular weight excluding hydrogens is 334 g/mol. The fourth-order valence-corrected chi connectivity index (χ4v) is 2.82. The van der Waals surface area contributed by atoms with Gasteiger partial charge in [0.25, 0.3) is 0 Å². The number of amides is 1. The predicted molar refractivity (Wildman–Crippen MR) is 95.5 cm³/mol. The number of carbonyl (C=O) groups excluding carboxylic acids is 3. The molecule has 6 nitrogen and oxygen atoms in total. The fraction of sp³-hybridized carbons (Fsp3) is 0.250. The molecule has 26 heavy (non-hydrogen) atoms. The average Bonchev–Trinajstić information content (AvgIpc) is 3.05. The van der Waals surface area contributed by atoms with Crippen molar-refractivity contribution in [1.82, 2.24) is 0 Å². The molecule has 0 spiro atoms. The number of nitrogens with zero attached hydrogens (tertiary/aromatic N) is 1. The van der Waals surface area contributed by atoms with Crippen LogP contribution in [0.2, 0.25) is 0 Å². The van der Waals surface area contributed by atoms with E-state index >= 15 is 0 Å². The Kier molecular flexibility index (Phi) is 5.31. The molecule has 6 heteroatoms. The summed E-state index contributed by atoms with van der Waals surface area (Å²) in [5.74, 6) is -0.0111. The Labute approximate surface area is 151 Å². The molecule has 1 fully saturated rings. The highest BCUT2D eigenvalue weighted by atomic mass is 16.5. The van der Waals surface area contributed by atoms with Crippen LogP contribution in [0.15, 0.2) is 48.5 Å². The van der Waals surface area contributed by atoms with Gasteiger partial charge in [-0.05, 0) is 55.5 Å². The largest absolute Gasteiger partial charge is 0.494 e. The molecule has 0 unspecified atom stereocenters. The maximum absolute atomic E-state index is 12.3. The Morgan fingerprint density at radius 3 is 2.38 bits per heavy atom. The normalized spacial score (nSPS) is 16.4. The molecule has 3 rings (SSSR count). The average molecular weight is 353 g/mol.